The Morgan fingerprint density at radius 3 is 2.63 bits per heavy atom. The molecule has 2 aromatic carbocycles. The normalized spacial score (nSPS) is 20.4. The van der Waals surface area contributed by atoms with Gasteiger partial charge in [-0.15, -0.1) is 11.8 Å². The van der Waals surface area contributed by atoms with Gasteiger partial charge in [-0.1, -0.05) is 24.3 Å². The lowest BCUT2D eigenvalue weighted by molar-refractivity contribution is -0.121. The molecule has 1 fully saturated rings. The van der Waals surface area contributed by atoms with Crippen molar-refractivity contribution in [1.29, 1.82) is 0 Å². The van der Waals surface area contributed by atoms with E-state index in [1.807, 2.05) is 12.1 Å². The van der Waals surface area contributed by atoms with E-state index in [0.29, 0.717) is 6.54 Å². The predicted octanol–water partition coefficient (Wildman–Crippen LogP) is 3.76. The number of nitrogens with zero attached hydrogens (tertiary/aromatic N) is 1. The summed E-state index contributed by atoms with van der Waals surface area (Å²) >= 11 is 1.65. The molecule has 142 valence electrons. The van der Waals surface area contributed by atoms with Crippen LogP contribution in [0.4, 0.5) is 8.78 Å². The molecule has 2 heterocycles. The van der Waals surface area contributed by atoms with Crippen LogP contribution in [0.5, 0.6) is 0 Å². The minimum absolute atomic E-state index is 0.0392. The Labute approximate surface area is 162 Å². The Kier molecular flexibility index (Phi) is 5.45. The highest BCUT2D eigenvalue weighted by Gasteiger charge is 2.30. The highest BCUT2D eigenvalue weighted by Crippen LogP contribution is 2.36. The van der Waals surface area contributed by atoms with Crippen LogP contribution >= 0.6 is 11.8 Å². The molecule has 2 aliphatic heterocycles. The summed E-state index contributed by atoms with van der Waals surface area (Å²) in [7, 11) is 0. The van der Waals surface area contributed by atoms with E-state index in [1.165, 1.54) is 22.6 Å². The summed E-state index contributed by atoms with van der Waals surface area (Å²) in [4.78, 5) is 16.0. The second-order valence-corrected chi connectivity index (χ2v) is 8.47. The van der Waals surface area contributed by atoms with Gasteiger partial charge in [0, 0.05) is 30.6 Å². The molecule has 0 aliphatic carbocycles. The number of halogens is 2. The van der Waals surface area contributed by atoms with E-state index in [9.17, 15) is 13.6 Å². The fourth-order valence-electron chi connectivity index (χ4n) is 3.75. The van der Waals surface area contributed by atoms with Gasteiger partial charge in [-0.25, -0.2) is 8.78 Å². The quantitative estimate of drug-likeness (QED) is 0.866. The lowest BCUT2D eigenvalue weighted by Crippen LogP contribution is -2.46. The molecule has 27 heavy (non-hydrogen) atoms. The fourth-order valence-corrected chi connectivity index (χ4v) is 4.96. The Morgan fingerprint density at radius 2 is 1.89 bits per heavy atom. The molecule has 0 aromatic heterocycles. The first-order chi connectivity index (χ1) is 13.1. The number of piperidine rings is 1. The molecule has 2 aliphatic rings. The maximum atomic E-state index is 13.3. The number of hydrogen-bond acceptors (Lipinski definition) is 3. The molecular weight excluding hydrogens is 366 g/mol. The largest absolute Gasteiger partial charge is 0.352 e. The van der Waals surface area contributed by atoms with E-state index in [0.717, 1.165) is 37.9 Å². The number of carbonyl (C=O) groups is 1. The number of amides is 1. The van der Waals surface area contributed by atoms with Gasteiger partial charge in [-0.05, 0) is 48.6 Å². The van der Waals surface area contributed by atoms with Crippen LogP contribution in [-0.4, -0.2) is 35.2 Å². The molecular formula is C21H22F2N2OS. The van der Waals surface area contributed by atoms with Crippen molar-refractivity contribution < 1.29 is 13.6 Å². The molecule has 2 aromatic rings. The van der Waals surface area contributed by atoms with Crippen molar-refractivity contribution >= 4 is 17.7 Å². The molecule has 4 rings (SSSR count). The average molecular weight is 388 g/mol. The first kappa shape index (κ1) is 18.4. The second kappa shape index (κ2) is 7.98. The number of likely N-dealkylation sites (tertiary alicyclic amines) is 1. The first-order valence-electron chi connectivity index (χ1n) is 9.30. The average Bonchev–Trinajstić information content (AvgIpc) is 3.11. The van der Waals surface area contributed by atoms with E-state index < -0.39 is 11.6 Å². The standard InChI is InChI=1S/C21H22F2N2OS/c22-17-6-5-14(11-18(17)23)13-25-9-7-16(8-10-25)24-21(26)20-12-15-3-1-2-4-19(15)27-20/h1-6,11,16,20H,7-10,12-13H2,(H,24,26). The minimum Gasteiger partial charge on any atom is -0.352 e. The van der Waals surface area contributed by atoms with Crippen molar-refractivity contribution in [3.8, 4) is 0 Å². The Morgan fingerprint density at radius 1 is 1.11 bits per heavy atom. The number of nitrogens with one attached hydrogen (secondary N) is 1. The SMILES string of the molecule is O=C(NC1CCN(Cc2ccc(F)c(F)c2)CC1)C1Cc2ccccc2S1. The summed E-state index contributed by atoms with van der Waals surface area (Å²) in [6.07, 6.45) is 2.54. The Balaban J connectivity index is 1.25. The molecule has 0 spiro atoms. The minimum atomic E-state index is -0.813. The molecule has 6 heteroatoms. The van der Waals surface area contributed by atoms with E-state index in [2.05, 4.69) is 22.3 Å². The maximum absolute atomic E-state index is 13.3. The lowest BCUT2D eigenvalue weighted by Gasteiger charge is -2.32. The maximum Gasteiger partial charge on any atom is 0.234 e. The van der Waals surface area contributed by atoms with Crippen LogP contribution in [0.2, 0.25) is 0 Å². The van der Waals surface area contributed by atoms with Crippen molar-refractivity contribution in [1.82, 2.24) is 10.2 Å². The van der Waals surface area contributed by atoms with Gasteiger partial charge in [0.05, 0.1) is 5.25 Å². The van der Waals surface area contributed by atoms with E-state index in [-0.39, 0.29) is 17.2 Å². The third-order valence-corrected chi connectivity index (χ3v) is 6.58. The third-order valence-electron chi connectivity index (χ3n) is 5.26. The van der Waals surface area contributed by atoms with Crippen molar-refractivity contribution in [3.05, 3.63) is 65.2 Å². The van der Waals surface area contributed by atoms with Crippen LogP contribution in [0.1, 0.15) is 24.0 Å². The number of rotatable bonds is 4. The van der Waals surface area contributed by atoms with Gasteiger partial charge in [-0.3, -0.25) is 9.69 Å². The fraction of sp³-hybridized carbons (Fsp3) is 0.381. The summed E-state index contributed by atoms with van der Waals surface area (Å²) in [6.45, 7) is 2.27. The van der Waals surface area contributed by atoms with Crippen LogP contribution in [-0.2, 0) is 17.8 Å². The summed E-state index contributed by atoms with van der Waals surface area (Å²) in [5.74, 6) is -1.49. The van der Waals surface area contributed by atoms with Crippen molar-refractivity contribution in [2.75, 3.05) is 13.1 Å². The van der Waals surface area contributed by atoms with Crippen molar-refractivity contribution in [2.45, 2.75) is 42.0 Å². The summed E-state index contributed by atoms with van der Waals surface area (Å²) in [6, 6.07) is 12.4. The van der Waals surface area contributed by atoms with E-state index in [1.54, 1.807) is 17.8 Å². The predicted molar refractivity (Wildman–Crippen MR) is 103 cm³/mol. The van der Waals surface area contributed by atoms with Gasteiger partial charge in [-0.2, -0.15) is 0 Å². The molecule has 1 unspecified atom stereocenters. The zero-order valence-electron chi connectivity index (χ0n) is 15.0. The number of benzene rings is 2. The van der Waals surface area contributed by atoms with Crippen molar-refractivity contribution in [2.24, 2.45) is 0 Å². The highest BCUT2D eigenvalue weighted by atomic mass is 32.2. The molecule has 3 nitrogen and oxygen atoms in total. The summed E-state index contributed by atoms with van der Waals surface area (Å²) in [5, 5.41) is 3.16. The second-order valence-electron chi connectivity index (χ2n) is 7.23. The van der Waals surface area contributed by atoms with Crippen LogP contribution in [0.15, 0.2) is 47.4 Å². The van der Waals surface area contributed by atoms with Gasteiger partial charge in [0.2, 0.25) is 5.91 Å². The van der Waals surface area contributed by atoms with Crippen LogP contribution in [0.3, 0.4) is 0 Å². The number of fused-ring (bicyclic) bond motifs is 1. The van der Waals surface area contributed by atoms with E-state index >= 15 is 0 Å². The molecule has 0 saturated carbocycles. The lowest BCUT2D eigenvalue weighted by atomic mass is 10.0. The topological polar surface area (TPSA) is 32.3 Å². The number of thioether (sulfide) groups is 1. The number of hydrogen-bond donors (Lipinski definition) is 1. The van der Waals surface area contributed by atoms with Crippen LogP contribution in [0, 0.1) is 11.6 Å². The molecule has 1 N–H and O–H groups in total. The van der Waals surface area contributed by atoms with Gasteiger partial charge in [0.1, 0.15) is 0 Å². The molecule has 0 radical (unpaired) electrons. The summed E-state index contributed by atoms with van der Waals surface area (Å²) in [5.41, 5.74) is 2.03. The van der Waals surface area contributed by atoms with Gasteiger partial charge < -0.3 is 5.32 Å². The Hall–Kier alpha value is -1.92. The monoisotopic (exact) mass is 388 g/mol. The van der Waals surface area contributed by atoms with Crippen LogP contribution in [0.25, 0.3) is 0 Å². The number of carbonyl (C=O) groups excluding carboxylic acids is 1. The molecule has 1 amide bonds. The van der Waals surface area contributed by atoms with Gasteiger partial charge in [0.25, 0.3) is 0 Å². The zero-order chi connectivity index (χ0) is 18.8. The zero-order valence-corrected chi connectivity index (χ0v) is 15.8. The molecule has 0 bridgehead atoms. The molecule has 1 atom stereocenters. The van der Waals surface area contributed by atoms with Crippen molar-refractivity contribution in [3.63, 3.8) is 0 Å². The smallest absolute Gasteiger partial charge is 0.234 e. The summed E-state index contributed by atoms with van der Waals surface area (Å²) < 4.78 is 26.4. The van der Waals surface area contributed by atoms with E-state index in [4.69, 9.17) is 0 Å². The Bertz CT molecular complexity index is 812. The first-order valence-corrected chi connectivity index (χ1v) is 10.2. The highest BCUT2D eigenvalue weighted by molar-refractivity contribution is 8.01. The van der Waals surface area contributed by atoms with Gasteiger partial charge >= 0.3 is 0 Å². The molecule has 1 saturated heterocycles. The van der Waals surface area contributed by atoms with Gasteiger partial charge in [0.15, 0.2) is 11.6 Å². The van der Waals surface area contributed by atoms with Crippen LogP contribution < -0.4 is 5.32 Å². The third kappa shape index (κ3) is 4.33.